The minimum Gasteiger partial charge on any atom is -0.482 e. The summed E-state index contributed by atoms with van der Waals surface area (Å²) in [6, 6.07) is 9.30. The number of alkyl halides is 3. The Morgan fingerprint density at radius 3 is 2.44 bits per heavy atom. The molecule has 0 radical (unpaired) electrons. The standard InChI is InChI=1S/C16H13ClF4N2O2/c17-10-1-4-12(5-2-10)23-15(24)8-22-13-7-11(18)3-6-14(13)25-9-16(19,20)21/h1-7,22H,8-9H2,(H,23,24). The number of ether oxygens (including phenoxy) is 1. The lowest BCUT2D eigenvalue weighted by atomic mass is 10.2. The van der Waals surface area contributed by atoms with Crippen molar-refractivity contribution in [3.8, 4) is 5.75 Å². The van der Waals surface area contributed by atoms with E-state index in [2.05, 4.69) is 15.4 Å². The van der Waals surface area contributed by atoms with Crippen molar-refractivity contribution in [2.24, 2.45) is 0 Å². The van der Waals surface area contributed by atoms with Crippen molar-refractivity contribution < 1.29 is 27.1 Å². The Labute approximate surface area is 145 Å². The molecular formula is C16H13ClF4N2O2. The van der Waals surface area contributed by atoms with Crippen LogP contribution in [0.3, 0.4) is 0 Å². The van der Waals surface area contributed by atoms with Gasteiger partial charge in [-0.15, -0.1) is 0 Å². The number of carbonyl (C=O) groups excluding carboxylic acids is 1. The van der Waals surface area contributed by atoms with Crippen LogP contribution in [0.5, 0.6) is 5.75 Å². The number of anilines is 2. The molecule has 0 aliphatic carbocycles. The summed E-state index contributed by atoms with van der Waals surface area (Å²) in [4.78, 5) is 11.9. The monoisotopic (exact) mass is 376 g/mol. The van der Waals surface area contributed by atoms with Gasteiger partial charge in [0.2, 0.25) is 5.91 Å². The molecule has 0 aromatic heterocycles. The van der Waals surface area contributed by atoms with Crippen molar-refractivity contribution in [3.05, 3.63) is 53.3 Å². The molecule has 0 bridgehead atoms. The van der Waals surface area contributed by atoms with Gasteiger partial charge in [-0.3, -0.25) is 4.79 Å². The van der Waals surface area contributed by atoms with Crippen LogP contribution < -0.4 is 15.4 Å². The first-order valence-electron chi connectivity index (χ1n) is 7.01. The number of amides is 1. The van der Waals surface area contributed by atoms with Crippen LogP contribution in [-0.4, -0.2) is 25.2 Å². The van der Waals surface area contributed by atoms with Crippen molar-refractivity contribution in [2.75, 3.05) is 23.8 Å². The van der Waals surface area contributed by atoms with Gasteiger partial charge in [-0.05, 0) is 36.4 Å². The van der Waals surface area contributed by atoms with E-state index in [1.54, 1.807) is 24.3 Å². The predicted octanol–water partition coefficient (Wildman–Crippen LogP) is 4.47. The van der Waals surface area contributed by atoms with E-state index in [4.69, 9.17) is 11.6 Å². The number of halogens is 5. The summed E-state index contributed by atoms with van der Waals surface area (Å²) in [5.41, 5.74) is 0.430. The SMILES string of the molecule is O=C(CNc1cc(F)ccc1OCC(F)(F)F)Nc1ccc(Cl)cc1. The molecule has 2 aromatic rings. The largest absolute Gasteiger partial charge is 0.482 e. The molecule has 0 aliphatic heterocycles. The lowest BCUT2D eigenvalue weighted by Gasteiger charge is -2.14. The van der Waals surface area contributed by atoms with Crippen molar-refractivity contribution in [3.63, 3.8) is 0 Å². The van der Waals surface area contributed by atoms with Gasteiger partial charge in [-0.2, -0.15) is 13.2 Å². The van der Waals surface area contributed by atoms with Crippen LogP contribution in [-0.2, 0) is 4.79 Å². The van der Waals surface area contributed by atoms with Gasteiger partial charge in [0.15, 0.2) is 6.61 Å². The number of hydrogen-bond donors (Lipinski definition) is 2. The molecule has 25 heavy (non-hydrogen) atoms. The third-order valence-corrected chi connectivity index (χ3v) is 3.15. The Balaban J connectivity index is 1.97. The third-order valence-electron chi connectivity index (χ3n) is 2.90. The van der Waals surface area contributed by atoms with Crippen LogP contribution in [0.2, 0.25) is 5.02 Å². The molecule has 134 valence electrons. The van der Waals surface area contributed by atoms with E-state index in [1.807, 2.05) is 0 Å². The van der Waals surface area contributed by atoms with E-state index in [-0.39, 0.29) is 18.0 Å². The Morgan fingerprint density at radius 1 is 1.12 bits per heavy atom. The number of rotatable bonds is 6. The summed E-state index contributed by atoms with van der Waals surface area (Å²) in [7, 11) is 0. The fourth-order valence-electron chi connectivity index (χ4n) is 1.84. The Kier molecular flexibility index (Phi) is 6.08. The van der Waals surface area contributed by atoms with E-state index in [0.717, 1.165) is 18.2 Å². The van der Waals surface area contributed by atoms with E-state index in [0.29, 0.717) is 10.7 Å². The second-order valence-electron chi connectivity index (χ2n) is 4.95. The highest BCUT2D eigenvalue weighted by molar-refractivity contribution is 6.30. The zero-order chi connectivity index (χ0) is 18.4. The molecule has 0 saturated carbocycles. The van der Waals surface area contributed by atoms with E-state index in [1.165, 1.54) is 0 Å². The van der Waals surface area contributed by atoms with Gasteiger partial charge in [-0.25, -0.2) is 4.39 Å². The molecular weight excluding hydrogens is 364 g/mol. The van der Waals surface area contributed by atoms with Crippen molar-refractivity contribution >= 4 is 28.9 Å². The van der Waals surface area contributed by atoms with Gasteiger partial charge in [0.1, 0.15) is 11.6 Å². The van der Waals surface area contributed by atoms with Crippen LogP contribution in [0.25, 0.3) is 0 Å². The Hall–Kier alpha value is -2.48. The number of benzene rings is 2. The summed E-state index contributed by atoms with van der Waals surface area (Å²) in [6.07, 6.45) is -4.53. The molecule has 4 nitrogen and oxygen atoms in total. The lowest BCUT2D eigenvalue weighted by Crippen LogP contribution is -2.23. The maximum Gasteiger partial charge on any atom is 0.422 e. The van der Waals surface area contributed by atoms with Gasteiger partial charge in [0, 0.05) is 16.8 Å². The van der Waals surface area contributed by atoms with Crippen molar-refractivity contribution in [1.29, 1.82) is 0 Å². The molecule has 0 heterocycles. The summed E-state index contributed by atoms with van der Waals surface area (Å²) >= 11 is 5.73. The first kappa shape index (κ1) is 18.9. The van der Waals surface area contributed by atoms with Crippen LogP contribution in [0.15, 0.2) is 42.5 Å². The van der Waals surface area contributed by atoms with Crippen LogP contribution >= 0.6 is 11.6 Å². The summed E-state index contributed by atoms with van der Waals surface area (Å²) in [6.45, 7) is -1.82. The molecule has 0 unspecified atom stereocenters. The minimum absolute atomic E-state index is 0.0597. The summed E-state index contributed by atoms with van der Waals surface area (Å²) < 4.78 is 54.7. The molecule has 2 rings (SSSR count). The van der Waals surface area contributed by atoms with Crippen molar-refractivity contribution in [2.45, 2.75) is 6.18 Å². The number of nitrogens with one attached hydrogen (secondary N) is 2. The average molecular weight is 377 g/mol. The molecule has 0 atom stereocenters. The van der Waals surface area contributed by atoms with Gasteiger partial charge >= 0.3 is 6.18 Å². The Bertz CT molecular complexity index is 736. The summed E-state index contributed by atoms with van der Waals surface area (Å²) in [5, 5.41) is 5.61. The van der Waals surface area contributed by atoms with Crippen molar-refractivity contribution in [1.82, 2.24) is 0 Å². The molecule has 0 aliphatic rings. The zero-order valence-corrected chi connectivity index (χ0v) is 13.4. The normalized spacial score (nSPS) is 11.1. The number of hydrogen-bond acceptors (Lipinski definition) is 3. The highest BCUT2D eigenvalue weighted by atomic mass is 35.5. The topological polar surface area (TPSA) is 50.4 Å². The molecule has 2 N–H and O–H groups in total. The Morgan fingerprint density at radius 2 is 1.80 bits per heavy atom. The molecule has 1 amide bonds. The highest BCUT2D eigenvalue weighted by Gasteiger charge is 2.28. The fourth-order valence-corrected chi connectivity index (χ4v) is 1.97. The number of carbonyl (C=O) groups is 1. The maximum atomic E-state index is 13.3. The second kappa shape index (κ2) is 8.06. The quantitative estimate of drug-likeness (QED) is 0.731. The van der Waals surface area contributed by atoms with E-state index < -0.39 is 24.5 Å². The second-order valence-corrected chi connectivity index (χ2v) is 5.39. The zero-order valence-electron chi connectivity index (χ0n) is 12.7. The van der Waals surface area contributed by atoms with E-state index in [9.17, 15) is 22.4 Å². The average Bonchev–Trinajstić information content (AvgIpc) is 2.53. The predicted molar refractivity (Wildman–Crippen MR) is 86.5 cm³/mol. The molecule has 0 saturated heterocycles. The molecule has 2 aromatic carbocycles. The first-order valence-corrected chi connectivity index (χ1v) is 7.39. The van der Waals surface area contributed by atoms with Gasteiger partial charge in [0.25, 0.3) is 0 Å². The third kappa shape index (κ3) is 6.50. The molecule has 0 fully saturated rings. The van der Waals surface area contributed by atoms with E-state index >= 15 is 0 Å². The van der Waals surface area contributed by atoms with Crippen LogP contribution in [0.1, 0.15) is 0 Å². The lowest BCUT2D eigenvalue weighted by molar-refractivity contribution is -0.153. The maximum absolute atomic E-state index is 13.3. The fraction of sp³-hybridized carbons (Fsp3) is 0.188. The van der Waals surface area contributed by atoms with Gasteiger partial charge in [0.05, 0.1) is 12.2 Å². The van der Waals surface area contributed by atoms with Crippen LogP contribution in [0.4, 0.5) is 28.9 Å². The van der Waals surface area contributed by atoms with Gasteiger partial charge < -0.3 is 15.4 Å². The van der Waals surface area contributed by atoms with Crippen LogP contribution in [0, 0.1) is 5.82 Å². The molecule has 0 spiro atoms. The first-order chi connectivity index (χ1) is 11.7. The smallest absolute Gasteiger partial charge is 0.422 e. The van der Waals surface area contributed by atoms with Gasteiger partial charge in [-0.1, -0.05) is 11.6 Å². The highest BCUT2D eigenvalue weighted by Crippen LogP contribution is 2.27. The summed E-state index contributed by atoms with van der Waals surface area (Å²) in [5.74, 6) is -1.37. The molecule has 9 heteroatoms. The minimum atomic E-state index is -4.53.